The third-order valence-electron chi connectivity index (χ3n) is 5.09. The number of halogens is 1. The van der Waals surface area contributed by atoms with E-state index in [-0.39, 0.29) is 17.4 Å². The Morgan fingerprint density at radius 3 is 2.65 bits per heavy atom. The van der Waals surface area contributed by atoms with Gasteiger partial charge in [-0.3, -0.25) is 0 Å². The zero-order chi connectivity index (χ0) is 18.3. The minimum atomic E-state index is -0.925. The van der Waals surface area contributed by atoms with Crippen LogP contribution in [0.2, 0.25) is 5.02 Å². The minimum absolute atomic E-state index is 0.00464. The summed E-state index contributed by atoms with van der Waals surface area (Å²) in [5.41, 5.74) is 0.615. The number of esters is 1. The number of rotatable bonds is 3. The second-order valence-electron chi connectivity index (χ2n) is 6.59. The first-order valence-electron chi connectivity index (χ1n) is 8.44. The lowest BCUT2D eigenvalue weighted by atomic mass is 9.81. The summed E-state index contributed by atoms with van der Waals surface area (Å²) in [6, 6.07) is 7.34. The lowest BCUT2D eigenvalue weighted by Crippen LogP contribution is -2.38. The summed E-state index contributed by atoms with van der Waals surface area (Å²) >= 11 is 7.33. The Morgan fingerprint density at radius 1 is 1.31 bits per heavy atom. The Labute approximate surface area is 160 Å². The summed E-state index contributed by atoms with van der Waals surface area (Å²) in [7, 11) is 1.68. The van der Waals surface area contributed by atoms with Crippen LogP contribution in [0.15, 0.2) is 35.4 Å². The molecule has 0 unspecified atom stereocenters. The predicted molar refractivity (Wildman–Crippen MR) is 100 cm³/mol. The van der Waals surface area contributed by atoms with Crippen LogP contribution in [0, 0.1) is 0 Å². The largest absolute Gasteiger partial charge is 0.507 e. The molecule has 1 aromatic heterocycles. The highest BCUT2D eigenvalue weighted by atomic mass is 35.5. The standard InChI is InChI=1S/C19H18ClNO4S/c1-24-13-6-8-19(9-7-13)16(22)15(18(23)25-19)14-10-26-17(21-14)11-2-4-12(20)5-3-11/h2-5,10,13,22H,6-9H2,1H3. The molecule has 1 aliphatic carbocycles. The van der Waals surface area contributed by atoms with Crippen molar-refractivity contribution in [2.45, 2.75) is 37.4 Å². The van der Waals surface area contributed by atoms with Gasteiger partial charge in [-0.25, -0.2) is 9.78 Å². The van der Waals surface area contributed by atoms with E-state index in [1.165, 1.54) is 11.3 Å². The van der Waals surface area contributed by atoms with Crippen LogP contribution in [0.1, 0.15) is 31.4 Å². The molecule has 2 heterocycles. The molecule has 1 N–H and O–H groups in total. The van der Waals surface area contributed by atoms with Crippen molar-refractivity contribution in [3.63, 3.8) is 0 Å². The van der Waals surface area contributed by atoms with Crippen LogP contribution in [0.5, 0.6) is 0 Å². The number of nitrogens with zero attached hydrogens (tertiary/aromatic N) is 1. The van der Waals surface area contributed by atoms with Crippen molar-refractivity contribution in [3.05, 3.63) is 46.1 Å². The fourth-order valence-corrected chi connectivity index (χ4v) is 4.52. The van der Waals surface area contributed by atoms with E-state index in [4.69, 9.17) is 21.1 Å². The van der Waals surface area contributed by atoms with E-state index < -0.39 is 11.6 Å². The maximum Gasteiger partial charge on any atom is 0.344 e. The van der Waals surface area contributed by atoms with E-state index in [1.54, 1.807) is 24.6 Å². The maximum absolute atomic E-state index is 12.5. The molecule has 0 atom stereocenters. The second-order valence-corrected chi connectivity index (χ2v) is 7.88. The van der Waals surface area contributed by atoms with Crippen LogP contribution in [0.3, 0.4) is 0 Å². The van der Waals surface area contributed by atoms with Crippen LogP contribution in [0.25, 0.3) is 16.1 Å². The topological polar surface area (TPSA) is 68.7 Å². The summed E-state index contributed by atoms with van der Waals surface area (Å²) in [5.74, 6) is -0.503. The number of aliphatic hydroxyl groups excluding tert-OH is 1. The molecular weight excluding hydrogens is 374 g/mol. The summed E-state index contributed by atoms with van der Waals surface area (Å²) in [6.45, 7) is 0. The zero-order valence-electron chi connectivity index (χ0n) is 14.2. The molecule has 0 amide bonds. The van der Waals surface area contributed by atoms with Gasteiger partial charge in [-0.2, -0.15) is 0 Å². The van der Waals surface area contributed by atoms with Crippen LogP contribution in [-0.2, 0) is 14.3 Å². The number of benzene rings is 1. The van der Waals surface area contributed by atoms with Gasteiger partial charge < -0.3 is 14.6 Å². The maximum atomic E-state index is 12.5. The van der Waals surface area contributed by atoms with Gasteiger partial charge in [0.25, 0.3) is 0 Å². The number of aliphatic hydroxyl groups is 1. The normalized spacial score (nSPS) is 25.8. The van der Waals surface area contributed by atoms with Gasteiger partial charge >= 0.3 is 5.97 Å². The second kappa shape index (κ2) is 6.68. The average molecular weight is 392 g/mol. The Bertz CT molecular complexity index is 866. The van der Waals surface area contributed by atoms with Gasteiger partial charge in [0.15, 0.2) is 11.4 Å². The van der Waals surface area contributed by atoms with Gasteiger partial charge in [0, 0.05) is 23.1 Å². The van der Waals surface area contributed by atoms with Crippen molar-refractivity contribution in [2.24, 2.45) is 0 Å². The first-order chi connectivity index (χ1) is 12.5. The van der Waals surface area contributed by atoms with Gasteiger partial charge in [-0.1, -0.05) is 23.7 Å². The molecule has 0 saturated heterocycles. The Morgan fingerprint density at radius 2 is 2.00 bits per heavy atom. The van der Waals surface area contributed by atoms with Crippen molar-refractivity contribution < 1.29 is 19.4 Å². The van der Waals surface area contributed by atoms with Crippen molar-refractivity contribution in [3.8, 4) is 10.6 Å². The van der Waals surface area contributed by atoms with Crippen LogP contribution >= 0.6 is 22.9 Å². The molecule has 2 aromatic rings. The zero-order valence-corrected chi connectivity index (χ0v) is 15.8. The molecule has 1 aromatic carbocycles. The van der Waals surface area contributed by atoms with Crippen molar-refractivity contribution in [2.75, 3.05) is 7.11 Å². The first kappa shape index (κ1) is 17.5. The fraction of sp³-hybridized carbons (Fsp3) is 0.368. The number of aromatic nitrogens is 1. The van der Waals surface area contributed by atoms with E-state index in [1.807, 2.05) is 12.1 Å². The summed E-state index contributed by atoms with van der Waals surface area (Å²) < 4.78 is 11.0. The van der Waals surface area contributed by atoms with Crippen molar-refractivity contribution >= 4 is 34.5 Å². The molecule has 26 heavy (non-hydrogen) atoms. The molecule has 0 bridgehead atoms. The number of methoxy groups -OCH3 is 1. The van der Waals surface area contributed by atoms with Gasteiger partial charge in [-0.15, -0.1) is 11.3 Å². The van der Waals surface area contributed by atoms with Gasteiger partial charge in [0.1, 0.15) is 10.6 Å². The molecule has 5 nitrogen and oxygen atoms in total. The van der Waals surface area contributed by atoms with E-state index in [0.717, 1.165) is 23.4 Å². The Hall–Kier alpha value is -1.89. The molecule has 1 spiro atoms. The Kier molecular flexibility index (Phi) is 4.50. The van der Waals surface area contributed by atoms with E-state index in [0.29, 0.717) is 23.6 Å². The van der Waals surface area contributed by atoms with E-state index >= 15 is 0 Å². The quantitative estimate of drug-likeness (QED) is 0.773. The van der Waals surface area contributed by atoms with Gasteiger partial charge in [0.05, 0.1) is 11.8 Å². The smallest absolute Gasteiger partial charge is 0.344 e. The lowest BCUT2D eigenvalue weighted by molar-refractivity contribution is -0.151. The van der Waals surface area contributed by atoms with Crippen molar-refractivity contribution in [1.29, 1.82) is 0 Å². The monoisotopic (exact) mass is 391 g/mol. The van der Waals surface area contributed by atoms with Crippen LogP contribution < -0.4 is 0 Å². The number of hydrogen-bond donors (Lipinski definition) is 1. The Balaban J connectivity index is 1.65. The average Bonchev–Trinajstić information content (AvgIpc) is 3.20. The summed E-state index contributed by atoms with van der Waals surface area (Å²) in [6.07, 6.45) is 2.75. The molecule has 1 fully saturated rings. The van der Waals surface area contributed by atoms with E-state index in [9.17, 15) is 9.90 Å². The number of thiazole rings is 1. The van der Waals surface area contributed by atoms with E-state index in [2.05, 4.69) is 4.98 Å². The van der Waals surface area contributed by atoms with Gasteiger partial charge in [0.2, 0.25) is 0 Å². The first-order valence-corrected chi connectivity index (χ1v) is 9.70. The SMILES string of the molecule is COC1CCC2(CC1)OC(=O)C(c1csc(-c3ccc(Cl)cc3)n1)=C2O. The van der Waals surface area contributed by atoms with Crippen LogP contribution in [0.4, 0.5) is 0 Å². The number of carbonyl (C=O) groups is 1. The molecule has 136 valence electrons. The number of ether oxygens (including phenoxy) is 2. The predicted octanol–water partition coefficient (Wildman–Crippen LogP) is 4.62. The third kappa shape index (κ3) is 2.92. The van der Waals surface area contributed by atoms with Crippen LogP contribution in [-0.4, -0.2) is 34.9 Å². The lowest BCUT2D eigenvalue weighted by Gasteiger charge is -2.35. The minimum Gasteiger partial charge on any atom is -0.507 e. The highest BCUT2D eigenvalue weighted by Crippen LogP contribution is 2.46. The molecule has 1 aliphatic heterocycles. The number of carbonyl (C=O) groups excluding carboxylic acids is 1. The number of hydrogen-bond acceptors (Lipinski definition) is 6. The van der Waals surface area contributed by atoms with Crippen molar-refractivity contribution in [1.82, 2.24) is 4.98 Å². The molecule has 0 radical (unpaired) electrons. The molecule has 7 heteroatoms. The molecule has 2 aliphatic rings. The molecular formula is C19H18ClNO4S. The molecule has 4 rings (SSSR count). The van der Waals surface area contributed by atoms with Gasteiger partial charge in [-0.05, 0) is 37.8 Å². The summed E-state index contributed by atoms with van der Waals surface area (Å²) in [4.78, 5) is 17.0. The molecule has 1 saturated carbocycles. The highest BCUT2D eigenvalue weighted by Gasteiger charge is 2.51. The summed E-state index contributed by atoms with van der Waals surface area (Å²) in [5, 5.41) is 14.0. The third-order valence-corrected chi connectivity index (χ3v) is 6.23. The fourth-order valence-electron chi connectivity index (χ4n) is 3.57. The highest BCUT2D eigenvalue weighted by molar-refractivity contribution is 7.13.